The zero-order chi connectivity index (χ0) is 18.8. The summed E-state index contributed by atoms with van der Waals surface area (Å²) in [6, 6.07) is 9.60. The summed E-state index contributed by atoms with van der Waals surface area (Å²) in [6.45, 7) is 1.79. The monoisotopic (exact) mass is 373 g/mol. The topological polar surface area (TPSA) is 91.8 Å². The van der Waals surface area contributed by atoms with Crippen LogP contribution in [-0.4, -0.2) is 13.1 Å². The van der Waals surface area contributed by atoms with E-state index in [0.717, 1.165) is 5.56 Å². The number of nitrogen functional groups attached to an aromatic ring is 1. The second-order valence-corrected chi connectivity index (χ2v) is 6.15. The normalized spacial score (nSPS) is 10.7. The second-order valence-electron chi connectivity index (χ2n) is 5.74. The van der Waals surface area contributed by atoms with Crippen LogP contribution in [-0.2, 0) is 11.3 Å². The van der Waals surface area contributed by atoms with Crippen molar-refractivity contribution in [3.63, 3.8) is 0 Å². The van der Waals surface area contributed by atoms with Gasteiger partial charge in [-0.2, -0.15) is 0 Å². The Balaban J connectivity index is 1.90. The number of anilines is 1. The molecule has 0 fully saturated rings. The molecular formula is C19H16ClNO5. The Kier molecular flexibility index (Phi) is 4.86. The number of hydrogen-bond donors (Lipinski definition) is 1. The van der Waals surface area contributed by atoms with Crippen molar-refractivity contribution >= 4 is 34.2 Å². The molecule has 134 valence electrons. The highest BCUT2D eigenvalue weighted by molar-refractivity contribution is 6.33. The van der Waals surface area contributed by atoms with Gasteiger partial charge in [-0.15, -0.1) is 0 Å². The van der Waals surface area contributed by atoms with Gasteiger partial charge >= 0.3 is 11.6 Å². The lowest BCUT2D eigenvalue weighted by molar-refractivity contribution is 0.0470. The fourth-order valence-corrected chi connectivity index (χ4v) is 2.74. The van der Waals surface area contributed by atoms with Gasteiger partial charge in [0.2, 0.25) is 0 Å². The smallest absolute Gasteiger partial charge is 0.342 e. The SMILES string of the molecule is COc1cc(N)c(Cl)cc1C(=O)OCc1cc(=O)oc2cc(C)ccc12. The van der Waals surface area contributed by atoms with Crippen LogP contribution >= 0.6 is 11.6 Å². The van der Waals surface area contributed by atoms with Crippen LogP contribution in [0.3, 0.4) is 0 Å². The van der Waals surface area contributed by atoms with Crippen LogP contribution in [0.5, 0.6) is 5.75 Å². The van der Waals surface area contributed by atoms with Gasteiger partial charge in [-0.3, -0.25) is 0 Å². The summed E-state index contributed by atoms with van der Waals surface area (Å²) in [5, 5.41) is 0.921. The first-order valence-corrected chi connectivity index (χ1v) is 8.10. The number of rotatable bonds is 4. The third kappa shape index (κ3) is 3.50. The summed E-state index contributed by atoms with van der Waals surface area (Å²) >= 11 is 5.98. The third-order valence-corrected chi connectivity index (χ3v) is 4.21. The van der Waals surface area contributed by atoms with E-state index >= 15 is 0 Å². The van der Waals surface area contributed by atoms with E-state index in [0.29, 0.717) is 22.2 Å². The molecule has 3 aromatic rings. The Morgan fingerprint density at radius 3 is 2.73 bits per heavy atom. The standard InChI is InChI=1S/C19H16ClNO5/c1-10-3-4-12-11(6-18(22)26-17(12)5-10)9-25-19(23)13-7-14(20)15(21)8-16(13)24-2/h3-8H,9,21H2,1-2H3. The number of carbonyl (C=O) groups is 1. The number of hydrogen-bond acceptors (Lipinski definition) is 6. The number of benzene rings is 2. The first kappa shape index (κ1) is 17.8. The number of methoxy groups -OCH3 is 1. The van der Waals surface area contributed by atoms with Crippen molar-refractivity contribution in [3.8, 4) is 5.75 Å². The minimum atomic E-state index is -0.641. The minimum Gasteiger partial charge on any atom is -0.496 e. The lowest BCUT2D eigenvalue weighted by Crippen LogP contribution is -2.10. The number of aryl methyl sites for hydroxylation is 1. The quantitative estimate of drug-likeness (QED) is 0.426. The van der Waals surface area contributed by atoms with Crippen molar-refractivity contribution in [1.82, 2.24) is 0 Å². The van der Waals surface area contributed by atoms with Gasteiger partial charge in [0, 0.05) is 23.1 Å². The van der Waals surface area contributed by atoms with Gasteiger partial charge in [-0.05, 0) is 24.6 Å². The second kappa shape index (κ2) is 7.09. The molecule has 0 atom stereocenters. The van der Waals surface area contributed by atoms with Crippen molar-refractivity contribution in [2.24, 2.45) is 0 Å². The van der Waals surface area contributed by atoms with Gasteiger partial charge in [0.15, 0.2) is 0 Å². The van der Waals surface area contributed by atoms with Crippen LogP contribution in [0.25, 0.3) is 11.0 Å². The Hall–Kier alpha value is -2.99. The molecule has 0 saturated heterocycles. The van der Waals surface area contributed by atoms with Gasteiger partial charge in [0.25, 0.3) is 0 Å². The molecule has 0 amide bonds. The number of fused-ring (bicyclic) bond motifs is 1. The van der Waals surface area contributed by atoms with Crippen LogP contribution in [0, 0.1) is 6.92 Å². The predicted octanol–water partition coefficient (Wildman–Crippen LogP) is 3.70. The van der Waals surface area contributed by atoms with Crippen molar-refractivity contribution in [2.45, 2.75) is 13.5 Å². The molecule has 0 aliphatic rings. The maximum absolute atomic E-state index is 12.4. The number of halogens is 1. The van der Waals surface area contributed by atoms with Crippen LogP contribution in [0.4, 0.5) is 5.69 Å². The maximum atomic E-state index is 12.4. The molecule has 3 rings (SSSR count). The highest BCUT2D eigenvalue weighted by atomic mass is 35.5. The molecule has 2 N–H and O–H groups in total. The zero-order valence-electron chi connectivity index (χ0n) is 14.2. The largest absolute Gasteiger partial charge is 0.496 e. The molecule has 2 aromatic carbocycles. The third-order valence-electron chi connectivity index (χ3n) is 3.88. The molecule has 0 spiro atoms. The Labute approximate surface area is 154 Å². The summed E-state index contributed by atoms with van der Waals surface area (Å²) < 4.78 is 15.7. The molecule has 7 heteroatoms. The van der Waals surface area contributed by atoms with E-state index < -0.39 is 11.6 Å². The van der Waals surface area contributed by atoms with Crippen LogP contribution in [0.1, 0.15) is 21.5 Å². The Morgan fingerprint density at radius 1 is 1.23 bits per heavy atom. The van der Waals surface area contributed by atoms with Gasteiger partial charge in [0.1, 0.15) is 23.5 Å². The van der Waals surface area contributed by atoms with Crippen molar-refractivity contribution in [1.29, 1.82) is 0 Å². The number of esters is 1. The van der Waals surface area contributed by atoms with E-state index in [9.17, 15) is 9.59 Å². The van der Waals surface area contributed by atoms with E-state index in [-0.39, 0.29) is 22.9 Å². The van der Waals surface area contributed by atoms with E-state index in [1.165, 1.54) is 25.3 Å². The fraction of sp³-hybridized carbons (Fsp3) is 0.158. The molecule has 1 heterocycles. The average molecular weight is 374 g/mol. The van der Waals surface area contributed by atoms with E-state index in [4.69, 9.17) is 31.2 Å². The summed E-state index contributed by atoms with van der Waals surface area (Å²) in [7, 11) is 1.41. The highest BCUT2D eigenvalue weighted by Crippen LogP contribution is 2.29. The molecule has 6 nitrogen and oxygen atoms in total. The Morgan fingerprint density at radius 2 is 2.00 bits per heavy atom. The average Bonchev–Trinajstić information content (AvgIpc) is 2.60. The Bertz CT molecular complexity index is 1060. The van der Waals surface area contributed by atoms with Crippen molar-refractivity contribution in [2.75, 3.05) is 12.8 Å². The van der Waals surface area contributed by atoms with E-state index in [2.05, 4.69) is 0 Å². The summed E-state index contributed by atoms with van der Waals surface area (Å²) in [6.07, 6.45) is 0. The predicted molar refractivity (Wildman–Crippen MR) is 98.8 cm³/mol. The number of nitrogens with two attached hydrogens (primary N) is 1. The lowest BCUT2D eigenvalue weighted by Gasteiger charge is -2.11. The van der Waals surface area contributed by atoms with Gasteiger partial charge in [-0.1, -0.05) is 23.7 Å². The molecular weight excluding hydrogens is 358 g/mol. The molecule has 0 aliphatic heterocycles. The van der Waals surface area contributed by atoms with Gasteiger partial charge in [-0.25, -0.2) is 9.59 Å². The summed E-state index contributed by atoms with van der Waals surface area (Å²) in [5.41, 5.74) is 7.58. The fourth-order valence-electron chi connectivity index (χ4n) is 2.58. The molecule has 26 heavy (non-hydrogen) atoms. The van der Waals surface area contributed by atoms with Crippen LogP contribution in [0.2, 0.25) is 5.02 Å². The number of ether oxygens (including phenoxy) is 2. The highest BCUT2D eigenvalue weighted by Gasteiger charge is 2.17. The minimum absolute atomic E-state index is 0.102. The molecule has 0 aliphatic carbocycles. The van der Waals surface area contributed by atoms with Crippen molar-refractivity contribution in [3.05, 3.63) is 68.5 Å². The maximum Gasteiger partial charge on any atom is 0.342 e. The lowest BCUT2D eigenvalue weighted by atomic mass is 10.1. The molecule has 0 bridgehead atoms. The van der Waals surface area contributed by atoms with Gasteiger partial charge < -0.3 is 19.6 Å². The zero-order valence-corrected chi connectivity index (χ0v) is 14.9. The summed E-state index contributed by atoms with van der Waals surface area (Å²) in [4.78, 5) is 24.2. The molecule has 0 unspecified atom stereocenters. The summed E-state index contributed by atoms with van der Waals surface area (Å²) in [5.74, 6) is -0.387. The van der Waals surface area contributed by atoms with Crippen LogP contribution in [0.15, 0.2) is 45.6 Å². The molecule has 0 saturated carbocycles. The first-order chi connectivity index (χ1) is 12.4. The van der Waals surface area contributed by atoms with E-state index in [1.54, 1.807) is 6.07 Å². The van der Waals surface area contributed by atoms with Crippen molar-refractivity contribution < 1.29 is 18.7 Å². The van der Waals surface area contributed by atoms with E-state index in [1.807, 2.05) is 19.1 Å². The molecule has 0 radical (unpaired) electrons. The first-order valence-electron chi connectivity index (χ1n) is 7.72. The van der Waals surface area contributed by atoms with Crippen LogP contribution < -0.4 is 16.1 Å². The number of carbonyl (C=O) groups excluding carboxylic acids is 1. The molecule has 1 aromatic heterocycles. The van der Waals surface area contributed by atoms with Gasteiger partial charge in [0.05, 0.1) is 17.8 Å².